The number of hydrogen-bond donors (Lipinski definition) is 0. The van der Waals surface area contributed by atoms with Gasteiger partial charge in [0.15, 0.2) is 17.4 Å². The molecule has 7 heteroatoms. The Hall–Kier alpha value is -3.09. The first kappa shape index (κ1) is 23.6. The quantitative estimate of drug-likeness (QED) is 0.456. The number of carbonyl (C=O) groups is 3. The molecule has 1 aliphatic carbocycles. The lowest BCUT2D eigenvalue weighted by Crippen LogP contribution is -2.43. The van der Waals surface area contributed by atoms with Crippen molar-refractivity contribution in [2.45, 2.75) is 58.7 Å². The van der Waals surface area contributed by atoms with Gasteiger partial charge in [-0.05, 0) is 64.0 Å². The second-order valence-corrected chi connectivity index (χ2v) is 8.55. The van der Waals surface area contributed by atoms with E-state index in [4.69, 9.17) is 9.47 Å². The van der Waals surface area contributed by atoms with Gasteiger partial charge in [-0.15, -0.1) is 0 Å². The van der Waals surface area contributed by atoms with Crippen LogP contribution in [0.1, 0.15) is 56.8 Å². The third-order valence-electron chi connectivity index (χ3n) is 5.74. The van der Waals surface area contributed by atoms with Crippen molar-refractivity contribution in [2.75, 3.05) is 0 Å². The zero-order chi connectivity index (χ0) is 23.5. The number of halogens is 2. The zero-order valence-corrected chi connectivity index (χ0v) is 18.3. The van der Waals surface area contributed by atoms with Gasteiger partial charge in [0.2, 0.25) is 0 Å². The van der Waals surface area contributed by atoms with Crippen molar-refractivity contribution in [3.63, 3.8) is 0 Å². The van der Waals surface area contributed by atoms with Crippen LogP contribution in [0.4, 0.5) is 8.78 Å². The van der Waals surface area contributed by atoms with Crippen LogP contribution in [0.2, 0.25) is 0 Å². The van der Waals surface area contributed by atoms with Crippen molar-refractivity contribution in [1.29, 1.82) is 0 Å². The number of carbonyl (C=O) groups excluding carboxylic acids is 3. The van der Waals surface area contributed by atoms with E-state index in [1.807, 2.05) is 20.8 Å². The molecule has 3 rings (SSSR count). The second-order valence-electron chi connectivity index (χ2n) is 8.55. The SMILES string of the molecule is CC(C)=CCC/C(C)=C/[C@H]1OC(=O)CC12C[C@H](OC(=O)c1cccc(F)c1F)C=CC2=O. The molecule has 3 atom stereocenters. The molecule has 2 aliphatic rings. The number of esters is 2. The number of benzene rings is 1. The smallest absolute Gasteiger partial charge is 0.341 e. The normalized spacial score (nSPS) is 25.1. The lowest BCUT2D eigenvalue weighted by molar-refractivity contribution is -0.140. The minimum atomic E-state index is -1.30. The number of ketones is 1. The first-order valence-corrected chi connectivity index (χ1v) is 10.5. The van der Waals surface area contributed by atoms with E-state index >= 15 is 0 Å². The van der Waals surface area contributed by atoms with Crippen LogP contribution >= 0.6 is 0 Å². The molecule has 1 aliphatic heterocycles. The molecule has 1 fully saturated rings. The number of cyclic esters (lactones) is 1. The van der Waals surface area contributed by atoms with Crippen LogP contribution in [0.3, 0.4) is 0 Å². The van der Waals surface area contributed by atoms with Crippen LogP contribution < -0.4 is 0 Å². The monoisotopic (exact) mass is 444 g/mol. The summed E-state index contributed by atoms with van der Waals surface area (Å²) in [5, 5.41) is 0. The fourth-order valence-corrected chi connectivity index (χ4v) is 4.03. The molecule has 0 amide bonds. The van der Waals surface area contributed by atoms with E-state index in [0.29, 0.717) is 0 Å². The van der Waals surface area contributed by atoms with E-state index in [-0.39, 0.29) is 18.6 Å². The molecular weight excluding hydrogens is 418 g/mol. The van der Waals surface area contributed by atoms with Crippen LogP contribution in [-0.2, 0) is 19.1 Å². The Morgan fingerprint density at radius 1 is 1.25 bits per heavy atom. The van der Waals surface area contributed by atoms with E-state index in [0.717, 1.165) is 30.5 Å². The molecule has 170 valence electrons. The fourth-order valence-electron chi connectivity index (χ4n) is 4.03. The molecule has 1 saturated heterocycles. The molecule has 0 radical (unpaired) electrons. The van der Waals surface area contributed by atoms with Crippen LogP contribution in [-0.4, -0.2) is 29.9 Å². The fraction of sp³-hybridized carbons (Fsp3) is 0.400. The largest absolute Gasteiger partial charge is 0.457 e. The number of hydrogen-bond acceptors (Lipinski definition) is 5. The maximum atomic E-state index is 13.9. The highest BCUT2D eigenvalue weighted by Gasteiger charge is 2.55. The van der Waals surface area contributed by atoms with Gasteiger partial charge in [0.25, 0.3) is 0 Å². The molecule has 5 nitrogen and oxygen atoms in total. The molecule has 0 N–H and O–H groups in total. The van der Waals surface area contributed by atoms with Gasteiger partial charge in [-0.2, -0.15) is 0 Å². The maximum Gasteiger partial charge on any atom is 0.341 e. The van der Waals surface area contributed by atoms with Crippen LogP contribution in [0.15, 0.2) is 53.6 Å². The Morgan fingerprint density at radius 3 is 2.72 bits per heavy atom. The standard InChI is InChI=1S/C25H26F2O5/c1-15(2)6-4-7-16(3)12-21-25(14-22(29)32-21)13-17(10-11-20(25)28)31-24(30)18-8-5-9-19(26)23(18)27/h5-6,8-12,17,21H,4,7,13-14H2,1-3H3/b16-12+/t17-,21-,25?/m1/s1. The summed E-state index contributed by atoms with van der Waals surface area (Å²) in [6, 6.07) is 3.23. The summed E-state index contributed by atoms with van der Waals surface area (Å²) in [4.78, 5) is 37.4. The van der Waals surface area contributed by atoms with Gasteiger partial charge >= 0.3 is 11.9 Å². The van der Waals surface area contributed by atoms with Gasteiger partial charge in [-0.1, -0.05) is 23.3 Å². The molecule has 0 saturated carbocycles. The third kappa shape index (κ3) is 5.03. The molecule has 1 aromatic carbocycles. The van der Waals surface area contributed by atoms with Crippen molar-refractivity contribution in [1.82, 2.24) is 0 Å². The van der Waals surface area contributed by atoms with Gasteiger partial charge in [0.05, 0.1) is 17.4 Å². The van der Waals surface area contributed by atoms with E-state index in [2.05, 4.69) is 6.08 Å². The Morgan fingerprint density at radius 2 is 2.00 bits per heavy atom. The van der Waals surface area contributed by atoms with Crippen molar-refractivity contribution in [3.8, 4) is 0 Å². The van der Waals surface area contributed by atoms with E-state index in [1.165, 1.54) is 23.8 Å². The van der Waals surface area contributed by atoms with Gasteiger partial charge < -0.3 is 9.47 Å². The highest BCUT2D eigenvalue weighted by Crippen LogP contribution is 2.45. The van der Waals surface area contributed by atoms with Gasteiger partial charge in [0.1, 0.15) is 12.2 Å². The average molecular weight is 444 g/mol. The summed E-state index contributed by atoms with van der Waals surface area (Å²) in [6.45, 7) is 5.93. The summed E-state index contributed by atoms with van der Waals surface area (Å²) in [6.07, 6.45) is 6.32. The second kappa shape index (κ2) is 9.59. The number of ether oxygens (including phenoxy) is 2. The van der Waals surface area contributed by atoms with Crippen LogP contribution in [0.5, 0.6) is 0 Å². The number of allylic oxidation sites excluding steroid dienone is 4. The summed E-state index contributed by atoms with van der Waals surface area (Å²) >= 11 is 0. The molecule has 0 aromatic heterocycles. The summed E-state index contributed by atoms with van der Waals surface area (Å²) in [5.41, 5.74) is 0.442. The van der Waals surface area contributed by atoms with Crippen molar-refractivity contribution >= 4 is 17.7 Å². The molecule has 32 heavy (non-hydrogen) atoms. The summed E-state index contributed by atoms with van der Waals surface area (Å²) in [7, 11) is 0. The van der Waals surface area contributed by atoms with Crippen molar-refractivity contribution in [2.24, 2.45) is 5.41 Å². The summed E-state index contributed by atoms with van der Waals surface area (Å²) < 4.78 is 38.2. The van der Waals surface area contributed by atoms with Crippen LogP contribution in [0.25, 0.3) is 0 Å². The highest BCUT2D eigenvalue weighted by molar-refractivity contribution is 6.00. The average Bonchev–Trinajstić information content (AvgIpc) is 3.01. The van der Waals surface area contributed by atoms with Crippen LogP contribution in [0, 0.1) is 17.0 Å². The molecule has 0 bridgehead atoms. The summed E-state index contributed by atoms with van der Waals surface area (Å²) in [5.74, 6) is -4.29. The van der Waals surface area contributed by atoms with E-state index in [9.17, 15) is 23.2 Å². The van der Waals surface area contributed by atoms with Gasteiger partial charge in [-0.3, -0.25) is 9.59 Å². The van der Waals surface area contributed by atoms with E-state index in [1.54, 1.807) is 6.08 Å². The molecule has 1 unspecified atom stereocenters. The minimum Gasteiger partial charge on any atom is -0.457 e. The minimum absolute atomic E-state index is 0.0131. The molecule has 1 spiro atoms. The molecular formula is C25H26F2O5. The van der Waals surface area contributed by atoms with Crippen molar-refractivity contribution in [3.05, 3.63) is 70.8 Å². The predicted molar refractivity (Wildman–Crippen MR) is 114 cm³/mol. The first-order chi connectivity index (χ1) is 15.1. The Kier molecular flexibility index (Phi) is 7.06. The Labute approximate surface area is 185 Å². The lowest BCUT2D eigenvalue weighted by atomic mass is 9.69. The zero-order valence-electron chi connectivity index (χ0n) is 18.3. The number of rotatable bonds is 6. The third-order valence-corrected chi connectivity index (χ3v) is 5.74. The molecule has 1 aromatic rings. The van der Waals surface area contributed by atoms with Crippen molar-refractivity contribution < 1.29 is 32.6 Å². The lowest BCUT2D eigenvalue weighted by Gasteiger charge is -2.34. The van der Waals surface area contributed by atoms with Gasteiger partial charge in [-0.25, -0.2) is 13.6 Å². The van der Waals surface area contributed by atoms with E-state index < -0.39 is 46.8 Å². The van der Waals surface area contributed by atoms with Gasteiger partial charge in [0, 0.05) is 6.42 Å². The topological polar surface area (TPSA) is 69.7 Å². The highest BCUT2D eigenvalue weighted by atomic mass is 19.2. The predicted octanol–water partition coefficient (Wildman–Crippen LogP) is 5.01. The Balaban J connectivity index is 1.79. The maximum absolute atomic E-state index is 13.9. The molecule has 1 heterocycles. The Bertz CT molecular complexity index is 1020. The first-order valence-electron chi connectivity index (χ1n) is 10.5.